The quantitative estimate of drug-likeness (QED) is 0.113. The summed E-state index contributed by atoms with van der Waals surface area (Å²) in [6, 6.07) is 2.10. The van der Waals surface area contributed by atoms with Crippen LogP contribution in [0.1, 0.15) is 239 Å². The summed E-state index contributed by atoms with van der Waals surface area (Å²) in [7, 11) is 0. The monoisotopic (exact) mass is 1090 g/mol. The summed E-state index contributed by atoms with van der Waals surface area (Å²) in [5.41, 5.74) is -4.06. The van der Waals surface area contributed by atoms with Crippen LogP contribution in [0.25, 0.3) is 0 Å². The Hall–Kier alpha value is -3.73. The summed E-state index contributed by atoms with van der Waals surface area (Å²) in [4.78, 5) is 72.6. The number of nitrogens with zero attached hydrogens (tertiary/aromatic N) is 1. The molecule has 14 heteroatoms. The van der Waals surface area contributed by atoms with Gasteiger partial charge in [0.2, 0.25) is 0 Å². The molecule has 1 N–H and O–H groups in total. The van der Waals surface area contributed by atoms with Crippen molar-refractivity contribution >= 4 is 35.8 Å². The minimum Gasteiger partial charge on any atom is -0.459 e. The zero-order chi connectivity index (χ0) is 58.0. The van der Waals surface area contributed by atoms with Crippen LogP contribution >= 0.6 is 0 Å². The number of nitriles is 1. The number of ether oxygens (including phenoxy) is 6. The van der Waals surface area contributed by atoms with Crippen molar-refractivity contribution in [2.24, 2.45) is 79.8 Å². The highest BCUT2D eigenvalue weighted by Gasteiger charge is 2.72. The van der Waals surface area contributed by atoms with E-state index in [9.17, 15) is 39.1 Å². The first-order valence-corrected chi connectivity index (χ1v) is 30.4. The highest BCUT2D eigenvalue weighted by atomic mass is 16.6. The molecule has 10 bridgehead atoms. The van der Waals surface area contributed by atoms with E-state index in [1.54, 1.807) is 13.8 Å². The zero-order valence-corrected chi connectivity index (χ0v) is 50.9. The Morgan fingerprint density at radius 2 is 1.08 bits per heavy atom. The SMILES string of the molecule is CCC(C)(C)C(=O)OC(C)(C)C12CC3CC(CC(C3)C1)C2.CCC(C)(C)C(=O)OC(C)(C)C1CC1.CCC(C)(C)C(=O)OC12CC3CC(CC(O)(C3)C1)C2.CCC(C)(C)C(=O)OCC(=O)OC1C2CC3C1OC(=O)C3(C#N)C2. The Morgan fingerprint density at radius 1 is 0.615 bits per heavy atom. The summed E-state index contributed by atoms with van der Waals surface area (Å²) in [5, 5.41) is 20.0. The van der Waals surface area contributed by atoms with Crippen molar-refractivity contribution in [1.82, 2.24) is 0 Å². The summed E-state index contributed by atoms with van der Waals surface area (Å²) in [5.74, 6) is 2.36. The third kappa shape index (κ3) is 12.5. The van der Waals surface area contributed by atoms with Crippen molar-refractivity contribution in [3.63, 3.8) is 0 Å². The van der Waals surface area contributed by atoms with Crippen molar-refractivity contribution in [2.45, 2.75) is 274 Å². The molecule has 1 heterocycles. The zero-order valence-electron chi connectivity index (χ0n) is 50.9. The molecule has 1 aliphatic heterocycles. The molecule has 12 fully saturated rings. The van der Waals surface area contributed by atoms with Gasteiger partial charge in [0.15, 0.2) is 12.0 Å². The highest BCUT2D eigenvalue weighted by molar-refractivity contribution is 5.85. The van der Waals surface area contributed by atoms with Crippen LogP contribution in [-0.2, 0) is 57.2 Å². The summed E-state index contributed by atoms with van der Waals surface area (Å²) in [6.45, 7) is 31.2. The van der Waals surface area contributed by atoms with Gasteiger partial charge in [-0.05, 0) is 241 Å². The van der Waals surface area contributed by atoms with E-state index in [2.05, 4.69) is 26.8 Å². The van der Waals surface area contributed by atoms with Gasteiger partial charge < -0.3 is 33.5 Å². The first-order chi connectivity index (χ1) is 36.0. The summed E-state index contributed by atoms with van der Waals surface area (Å²) >= 11 is 0. The van der Waals surface area contributed by atoms with Crippen LogP contribution in [0.15, 0.2) is 0 Å². The van der Waals surface area contributed by atoms with E-state index in [1.165, 1.54) is 57.8 Å². The van der Waals surface area contributed by atoms with Crippen molar-refractivity contribution in [3.05, 3.63) is 0 Å². The Labute approximate surface area is 468 Å². The van der Waals surface area contributed by atoms with E-state index in [0.717, 1.165) is 62.7 Å². The van der Waals surface area contributed by atoms with Gasteiger partial charge in [-0.2, -0.15) is 5.26 Å². The van der Waals surface area contributed by atoms with Gasteiger partial charge in [0.25, 0.3) is 0 Å². The molecule has 14 nitrogen and oxygen atoms in total. The molecule has 0 spiro atoms. The fourth-order valence-electron chi connectivity index (χ4n) is 15.5. The van der Waals surface area contributed by atoms with E-state index in [1.807, 2.05) is 76.2 Å². The van der Waals surface area contributed by atoms with Crippen LogP contribution in [-0.4, -0.2) is 82.1 Å². The predicted octanol–water partition coefficient (Wildman–Crippen LogP) is 12.5. The van der Waals surface area contributed by atoms with E-state index < -0.39 is 58.6 Å². The lowest BCUT2D eigenvalue weighted by Gasteiger charge is -2.61. The minimum absolute atomic E-state index is 0.00857. The Bertz CT molecular complexity index is 2260. The summed E-state index contributed by atoms with van der Waals surface area (Å²) < 4.78 is 33.4. The lowest BCUT2D eigenvalue weighted by molar-refractivity contribution is -0.225. The molecule has 7 unspecified atom stereocenters. The fourth-order valence-corrected chi connectivity index (χ4v) is 15.5. The highest BCUT2D eigenvalue weighted by Crippen LogP contribution is 2.65. The van der Waals surface area contributed by atoms with E-state index in [-0.39, 0.29) is 62.8 Å². The predicted molar refractivity (Wildman–Crippen MR) is 293 cm³/mol. The number of fused-ring (bicyclic) bond motifs is 1. The maximum absolute atomic E-state index is 12.6. The van der Waals surface area contributed by atoms with Crippen molar-refractivity contribution < 1.29 is 62.3 Å². The molecule has 78 heavy (non-hydrogen) atoms. The maximum atomic E-state index is 12.6. The molecule has 12 rings (SSSR count). The van der Waals surface area contributed by atoms with Crippen LogP contribution < -0.4 is 0 Å². The van der Waals surface area contributed by atoms with E-state index in [0.29, 0.717) is 43.4 Å². The molecular weight excluding hydrogens is 991 g/mol. The second kappa shape index (κ2) is 21.9. The maximum Gasteiger partial charge on any atom is 0.344 e. The van der Waals surface area contributed by atoms with E-state index >= 15 is 0 Å². The molecule has 12 aliphatic rings. The first kappa shape index (κ1) is 61.9. The number of rotatable bonds is 16. The van der Waals surface area contributed by atoms with Gasteiger partial charge in [0, 0.05) is 23.7 Å². The molecule has 11 aliphatic carbocycles. The van der Waals surface area contributed by atoms with Crippen LogP contribution in [0.3, 0.4) is 0 Å². The number of hydrogen-bond acceptors (Lipinski definition) is 14. The Morgan fingerprint density at radius 3 is 1.54 bits per heavy atom. The van der Waals surface area contributed by atoms with Gasteiger partial charge in [-0.15, -0.1) is 0 Å². The normalized spacial score (nSPS) is 35.6. The molecule has 0 aromatic carbocycles. The van der Waals surface area contributed by atoms with Crippen molar-refractivity contribution in [3.8, 4) is 6.07 Å². The minimum atomic E-state index is -1.06. The molecule has 0 aromatic rings. The second-order valence-electron chi connectivity index (χ2n) is 30.4. The second-order valence-corrected chi connectivity index (χ2v) is 30.4. The molecule has 0 radical (unpaired) electrons. The molecular formula is C64H101NO13. The van der Waals surface area contributed by atoms with Gasteiger partial charge in [-0.25, -0.2) is 4.79 Å². The van der Waals surface area contributed by atoms with Gasteiger partial charge in [0.05, 0.1) is 33.3 Å². The average Bonchev–Trinajstić information content (AvgIpc) is 4.09. The molecule has 1 saturated heterocycles. The average molecular weight is 1090 g/mol. The standard InChI is InChI=1S/C19H32O2.C17H21NO6.C16H26O3.C12H22O2/c1-6-17(2,3)16(20)21-18(4,5)19-10-13-7-14(11-19)9-15(8-13)12-19;1-4-16(2,3)14(20)22-7-11(19)23-12-9-5-10-13(12)24-15(21)17(10,6-9)8-18;1-4-14(2,3)13(17)19-16-8-11-5-12(9-16)7-15(18,6-11)10-16;1-6-11(2,3)10(13)14-12(4,5)9-7-8-9/h13-15H,6-12H2,1-5H3;9-10,12-13H,4-7H2,1-3H3;11-12,18H,4-10H2,1-3H3;9H,6-8H2,1-5H3. The van der Waals surface area contributed by atoms with Gasteiger partial charge in [0.1, 0.15) is 29.0 Å². The molecule has 0 amide bonds. The number of carbonyl (C=O) groups is 6. The first-order valence-electron chi connectivity index (χ1n) is 30.4. The van der Waals surface area contributed by atoms with Gasteiger partial charge in [-0.1, -0.05) is 27.7 Å². The van der Waals surface area contributed by atoms with E-state index in [4.69, 9.17) is 28.4 Å². The van der Waals surface area contributed by atoms with Gasteiger partial charge >= 0.3 is 35.8 Å². The number of carbonyl (C=O) groups excluding carboxylic acids is 6. The van der Waals surface area contributed by atoms with Crippen LogP contribution in [0, 0.1) is 91.2 Å². The Balaban J connectivity index is 0.000000153. The number of hydrogen-bond donors (Lipinski definition) is 1. The third-order valence-electron chi connectivity index (χ3n) is 22.0. The largest absolute Gasteiger partial charge is 0.459 e. The van der Waals surface area contributed by atoms with Crippen LogP contribution in [0.5, 0.6) is 0 Å². The van der Waals surface area contributed by atoms with Crippen molar-refractivity contribution in [1.29, 1.82) is 5.26 Å². The lowest BCUT2D eigenvalue weighted by atomic mass is 9.46. The topological polar surface area (TPSA) is 202 Å². The Kier molecular flexibility index (Phi) is 17.4. The number of esters is 6. The lowest BCUT2D eigenvalue weighted by Crippen LogP contribution is -2.61. The fraction of sp³-hybridized carbons (Fsp3) is 0.891. The molecule has 0 aromatic heterocycles. The van der Waals surface area contributed by atoms with Crippen LogP contribution in [0.2, 0.25) is 0 Å². The smallest absolute Gasteiger partial charge is 0.344 e. The third-order valence-corrected chi connectivity index (χ3v) is 22.0. The molecule has 11 saturated carbocycles. The molecule has 440 valence electrons. The van der Waals surface area contributed by atoms with Crippen LogP contribution in [0.4, 0.5) is 0 Å². The molecule has 7 atom stereocenters. The van der Waals surface area contributed by atoms with Crippen molar-refractivity contribution in [2.75, 3.05) is 6.61 Å². The van der Waals surface area contributed by atoms with Gasteiger partial charge in [-0.3, -0.25) is 24.0 Å². The number of aliphatic hydroxyl groups is 1. The summed E-state index contributed by atoms with van der Waals surface area (Å²) in [6.07, 6.45) is 19.2.